The summed E-state index contributed by atoms with van der Waals surface area (Å²) >= 11 is 1.12. The number of nitrogens with zero attached hydrogens (tertiary/aromatic N) is 9. The number of morpholine rings is 1. The number of hydrogen-bond donors (Lipinski definition) is 0. The fourth-order valence-electron chi connectivity index (χ4n) is 10.1. The van der Waals surface area contributed by atoms with E-state index in [1.807, 2.05) is 12.7 Å². The van der Waals surface area contributed by atoms with Crippen LogP contribution in [0.5, 0.6) is 0 Å². The van der Waals surface area contributed by atoms with Crippen LogP contribution in [0.4, 0.5) is 5.82 Å². The van der Waals surface area contributed by atoms with Crippen LogP contribution in [0.2, 0.25) is 31.8 Å². The van der Waals surface area contributed by atoms with E-state index in [4.69, 9.17) is 50.7 Å². The van der Waals surface area contributed by atoms with Crippen LogP contribution in [0.15, 0.2) is 12.7 Å². The van der Waals surface area contributed by atoms with E-state index in [0.717, 1.165) is 97.2 Å². The average Bonchev–Trinajstić information content (AvgIpc) is 3.98. The van der Waals surface area contributed by atoms with Gasteiger partial charge < -0.3 is 0 Å². The van der Waals surface area contributed by atoms with Gasteiger partial charge in [0.25, 0.3) is 0 Å². The normalized spacial score (nSPS) is 18.9. The van der Waals surface area contributed by atoms with Gasteiger partial charge in [0.1, 0.15) is 0 Å². The molecule has 12 nitrogen and oxygen atoms in total. The van der Waals surface area contributed by atoms with Crippen molar-refractivity contribution < 1.29 is 14.2 Å². The molecule has 4 aromatic rings. The monoisotopic (exact) mass is 1110 g/mol. The molecule has 0 amide bonds. The van der Waals surface area contributed by atoms with Gasteiger partial charge in [-0.25, -0.2) is 0 Å². The molecule has 7 rings (SSSR count). The summed E-state index contributed by atoms with van der Waals surface area (Å²) < 4.78 is 32.7. The van der Waals surface area contributed by atoms with Crippen molar-refractivity contribution in [2.75, 3.05) is 44.4 Å². The topological polar surface area (TPSA) is 118 Å². The Balaban J connectivity index is 0.000000213. The zero-order valence-electron chi connectivity index (χ0n) is 40.2. The molecule has 3 fully saturated rings. The quantitative estimate of drug-likeness (QED) is 0.0525. The molecule has 0 N–H and O–H groups in total. The number of hydrogen-bond acceptors (Lipinski definition) is 10. The zero-order chi connectivity index (χ0) is 44.5. The Morgan fingerprint density at radius 2 is 0.952 bits per heavy atom. The summed E-state index contributed by atoms with van der Waals surface area (Å²) in [5.41, 5.74) is 3.56. The fourth-order valence-corrected chi connectivity index (χ4v) is 40.2. The van der Waals surface area contributed by atoms with E-state index >= 15 is 0 Å². The molecule has 7 heterocycles. The van der Waals surface area contributed by atoms with Gasteiger partial charge in [-0.05, 0) is 0 Å². The Hall–Kier alpha value is -1.33. The van der Waals surface area contributed by atoms with Gasteiger partial charge in [-0.15, -0.1) is 0 Å². The summed E-state index contributed by atoms with van der Waals surface area (Å²) in [5, 5.41) is 0.533. The van der Waals surface area contributed by atoms with Crippen molar-refractivity contribution in [3.8, 4) is 0 Å². The van der Waals surface area contributed by atoms with Crippen molar-refractivity contribution in [3.63, 3.8) is 0 Å². The molecule has 352 valence electrons. The first-order valence-electron chi connectivity index (χ1n) is 25.6. The molecule has 2 atom stereocenters. The van der Waals surface area contributed by atoms with E-state index in [-0.39, 0.29) is 12.5 Å². The van der Waals surface area contributed by atoms with Crippen LogP contribution in [0.3, 0.4) is 0 Å². The van der Waals surface area contributed by atoms with Gasteiger partial charge in [0, 0.05) is 0 Å². The molecule has 0 aliphatic carbocycles. The van der Waals surface area contributed by atoms with E-state index in [0.29, 0.717) is 5.15 Å². The summed E-state index contributed by atoms with van der Waals surface area (Å²) in [6, 6.07) is 0. The first-order valence-corrected chi connectivity index (χ1v) is 40.9. The molecule has 63 heavy (non-hydrogen) atoms. The SMILES string of the molecule is CCC[CH2][Sn]([CH2]CCC)([CH2]CCC)[c]1nc(Cl)c2ncn(C3CCCCO3)c2n1.CCC[CH2][Sn]([CH2]CCC)([CH2]CCC)[c]1nc(N2CCOCC2)c2ncn(C3CCCCO3)c2n1. The van der Waals surface area contributed by atoms with Crippen LogP contribution in [0.1, 0.15) is 170 Å². The number of aromatic nitrogens is 8. The summed E-state index contributed by atoms with van der Waals surface area (Å²) in [5.74, 6) is 1.04. The van der Waals surface area contributed by atoms with Crippen LogP contribution in [-0.4, -0.2) is 115 Å². The van der Waals surface area contributed by atoms with Crippen molar-refractivity contribution in [1.82, 2.24) is 39.0 Å². The van der Waals surface area contributed by atoms with E-state index in [2.05, 4.69) is 60.6 Å². The summed E-state index contributed by atoms with van der Waals surface area (Å²) in [6.07, 6.45) is 25.9. The minimum absolute atomic E-state index is 0.0269. The van der Waals surface area contributed by atoms with Gasteiger partial charge in [0.05, 0.1) is 0 Å². The molecule has 4 aromatic heterocycles. The van der Waals surface area contributed by atoms with Gasteiger partial charge in [0.2, 0.25) is 0 Å². The first kappa shape index (κ1) is 51.1. The van der Waals surface area contributed by atoms with Gasteiger partial charge in [-0.1, -0.05) is 0 Å². The first-order chi connectivity index (χ1) is 30.9. The second-order valence-electron chi connectivity index (χ2n) is 18.8. The van der Waals surface area contributed by atoms with E-state index in [1.54, 1.807) is 0 Å². The van der Waals surface area contributed by atoms with Crippen LogP contribution < -0.4 is 12.6 Å². The second-order valence-corrected chi connectivity index (χ2v) is 44.9. The van der Waals surface area contributed by atoms with E-state index in [1.165, 1.54) is 120 Å². The van der Waals surface area contributed by atoms with Crippen molar-refractivity contribution in [2.45, 2.75) is 196 Å². The molecule has 2 unspecified atom stereocenters. The maximum absolute atomic E-state index is 6.69. The van der Waals surface area contributed by atoms with Crippen LogP contribution in [-0.2, 0) is 14.2 Å². The number of unbranched alkanes of at least 4 members (excludes halogenated alkanes) is 6. The average molecular weight is 1110 g/mol. The molecule has 0 bridgehead atoms. The fraction of sp³-hybridized carbons (Fsp3) is 0.792. The summed E-state index contributed by atoms with van der Waals surface area (Å²) in [4.78, 5) is 32.9. The third-order valence-corrected chi connectivity index (χ3v) is 43.4. The molecule has 0 saturated carbocycles. The maximum atomic E-state index is 6.69. The van der Waals surface area contributed by atoms with Crippen molar-refractivity contribution in [3.05, 3.63) is 17.8 Å². The van der Waals surface area contributed by atoms with Crippen molar-refractivity contribution in [2.24, 2.45) is 0 Å². The number of fused-ring (bicyclic) bond motifs is 2. The Labute approximate surface area is 393 Å². The Kier molecular flexibility index (Phi) is 21.3. The van der Waals surface area contributed by atoms with Gasteiger partial charge >= 0.3 is 396 Å². The molecule has 3 aliphatic rings. The van der Waals surface area contributed by atoms with Crippen LogP contribution in [0, 0.1) is 0 Å². The molecule has 0 radical (unpaired) electrons. The molecular weight excluding hydrogens is 1020 g/mol. The van der Waals surface area contributed by atoms with E-state index in [9.17, 15) is 0 Å². The second kappa shape index (κ2) is 26.3. The molecule has 3 aliphatic heterocycles. The standard InChI is InChI=1S/C14H18N5O2.C10H10ClN4O.6C4H9.2Sn/c1-2-6-21-11(3-1)19-10-17-12-13(15-9-16-14(12)19)18-4-7-20-8-5-18;11-9-8-10(13-5-12-9)15(6-14-8)7-3-1-2-4-16-7;6*1-3-4-2;;/h10-11H,1-8H2;6-7H,1-4H2;6*1,3-4H2,2H3;;. The Morgan fingerprint density at radius 3 is 1.37 bits per heavy atom. The van der Waals surface area contributed by atoms with Crippen LogP contribution >= 0.6 is 11.6 Å². The van der Waals surface area contributed by atoms with E-state index < -0.39 is 36.8 Å². The number of anilines is 1. The van der Waals surface area contributed by atoms with Crippen molar-refractivity contribution >= 4 is 84.2 Å². The number of halogens is 1. The van der Waals surface area contributed by atoms with Crippen molar-refractivity contribution in [1.29, 1.82) is 0 Å². The zero-order valence-corrected chi connectivity index (χ0v) is 46.6. The number of imidazole rings is 2. The minimum atomic E-state index is -2.82. The number of rotatable bonds is 23. The molecule has 15 heteroatoms. The van der Waals surface area contributed by atoms with Gasteiger partial charge in [-0.3, -0.25) is 0 Å². The summed E-state index contributed by atoms with van der Waals surface area (Å²) in [6.45, 7) is 18.8. The van der Waals surface area contributed by atoms with Gasteiger partial charge in [-0.2, -0.15) is 0 Å². The Bertz CT molecular complexity index is 1900. The van der Waals surface area contributed by atoms with Crippen LogP contribution in [0.25, 0.3) is 22.3 Å². The predicted octanol–water partition coefficient (Wildman–Crippen LogP) is 11.7. The van der Waals surface area contributed by atoms with Gasteiger partial charge in [0.15, 0.2) is 0 Å². The molecule has 0 spiro atoms. The third-order valence-electron chi connectivity index (χ3n) is 14.0. The molecular formula is C48H82ClN9O3Sn2. The molecule has 0 aromatic carbocycles. The third kappa shape index (κ3) is 13.0. The molecule has 3 saturated heterocycles. The Morgan fingerprint density at radius 1 is 0.540 bits per heavy atom. The summed E-state index contributed by atoms with van der Waals surface area (Å²) in [7, 11) is 0. The predicted molar refractivity (Wildman–Crippen MR) is 265 cm³/mol. The number of ether oxygens (including phenoxy) is 3.